The van der Waals surface area contributed by atoms with Crippen molar-refractivity contribution in [3.8, 4) is 11.5 Å². The summed E-state index contributed by atoms with van der Waals surface area (Å²) in [6.45, 7) is 8.25. The van der Waals surface area contributed by atoms with Crippen molar-refractivity contribution in [2.75, 3.05) is 33.4 Å². The number of ether oxygens (including phenoxy) is 2. The van der Waals surface area contributed by atoms with Crippen LogP contribution in [0.2, 0.25) is 0 Å². The van der Waals surface area contributed by atoms with E-state index < -0.39 is 5.54 Å². The van der Waals surface area contributed by atoms with Crippen LogP contribution in [-0.4, -0.2) is 49.7 Å². The fraction of sp³-hybridized carbons (Fsp3) is 0.667. The Morgan fingerprint density at radius 2 is 1.89 bits per heavy atom. The molecule has 0 heterocycles. The molecule has 0 aliphatic heterocycles. The topological polar surface area (TPSA) is 76.8 Å². The summed E-state index contributed by atoms with van der Waals surface area (Å²) in [5.74, 6) is 1.35. The monoisotopic (exact) mass is 377 g/mol. The molecule has 1 aromatic carbocycles. The molecular formula is C21H35N3O3. The highest BCUT2D eigenvalue weighted by Gasteiger charge is 2.34. The second kappa shape index (κ2) is 10.5. The van der Waals surface area contributed by atoms with Crippen molar-refractivity contribution in [2.24, 2.45) is 5.73 Å². The number of nitrogens with zero attached hydrogens (tertiary/aromatic N) is 1. The van der Waals surface area contributed by atoms with Crippen molar-refractivity contribution in [1.82, 2.24) is 10.2 Å². The number of nitrogens with one attached hydrogen (secondary N) is 1. The van der Waals surface area contributed by atoms with Crippen molar-refractivity contribution < 1.29 is 14.3 Å². The van der Waals surface area contributed by atoms with E-state index in [0.29, 0.717) is 18.9 Å². The van der Waals surface area contributed by atoms with E-state index in [1.54, 1.807) is 7.11 Å². The molecule has 1 saturated carbocycles. The van der Waals surface area contributed by atoms with E-state index in [4.69, 9.17) is 15.2 Å². The summed E-state index contributed by atoms with van der Waals surface area (Å²) in [5, 5.41) is 2.99. The minimum absolute atomic E-state index is 0.0549. The molecule has 27 heavy (non-hydrogen) atoms. The van der Waals surface area contributed by atoms with Crippen LogP contribution in [0, 0.1) is 0 Å². The number of hydrogen-bond donors (Lipinski definition) is 2. The molecule has 1 aromatic rings. The number of methoxy groups -OCH3 is 1. The van der Waals surface area contributed by atoms with Crippen LogP contribution >= 0.6 is 0 Å². The van der Waals surface area contributed by atoms with E-state index in [-0.39, 0.29) is 5.91 Å². The summed E-state index contributed by atoms with van der Waals surface area (Å²) in [4.78, 5) is 14.8. The van der Waals surface area contributed by atoms with Gasteiger partial charge in [0.1, 0.15) is 6.61 Å². The lowest BCUT2D eigenvalue weighted by atomic mass is 9.82. The molecule has 0 aromatic heterocycles. The minimum atomic E-state index is -0.712. The Morgan fingerprint density at radius 3 is 2.52 bits per heavy atom. The van der Waals surface area contributed by atoms with Crippen molar-refractivity contribution in [3.63, 3.8) is 0 Å². The summed E-state index contributed by atoms with van der Waals surface area (Å²) in [5.41, 5.74) is 6.54. The largest absolute Gasteiger partial charge is 0.493 e. The Hall–Kier alpha value is -1.79. The summed E-state index contributed by atoms with van der Waals surface area (Å²) < 4.78 is 11.3. The van der Waals surface area contributed by atoms with Gasteiger partial charge in [-0.3, -0.25) is 4.79 Å². The minimum Gasteiger partial charge on any atom is -0.493 e. The zero-order valence-corrected chi connectivity index (χ0v) is 17.1. The van der Waals surface area contributed by atoms with E-state index in [0.717, 1.165) is 56.6 Å². The zero-order valence-electron chi connectivity index (χ0n) is 17.1. The van der Waals surface area contributed by atoms with Crippen molar-refractivity contribution >= 4 is 5.91 Å². The molecule has 1 amide bonds. The third-order valence-corrected chi connectivity index (χ3v) is 5.44. The summed E-state index contributed by atoms with van der Waals surface area (Å²) in [7, 11) is 1.63. The Labute approximate surface area is 163 Å². The summed E-state index contributed by atoms with van der Waals surface area (Å²) >= 11 is 0. The van der Waals surface area contributed by atoms with Gasteiger partial charge in [-0.05, 0) is 43.6 Å². The average molecular weight is 378 g/mol. The van der Waals surface area contributed by atoms with Gasteiger partial charge in [0.15, 0.2) is 11.5 Å². The van der Waals surface area contributed by atoms with Gasteiger partial charge < -0.3 is 25.4 Å². The molecule has 1 aliphatic carbocycles. The van der Waals surface area contributed by atoms with Crippen LogP contribution in [0.5, 0.6) is 11.5 Å². The fourth-order valence-corrected chi connectivity index (χ4v) is 3.53. The molecule has 6 heteroatoms. The van der Waals surface area contributed by atoms with Crippen LogP contribution in [0.25, 0.3) is 0 Å². The normalized spacial score (nSPS) is 16.2. The zero-order chi connectivity index (χ0) is 19.7. The van der Waals surface area contributed by atoms with Gasteiger partial charge in [0, 0.05) is 13.1 Å². The van der Waals surface area contributed by atoms with Crippen LogP contribution in [0.1, 0.15) is 51.5 Å². The highest BCUT2D eigenvalue weighted by Crippen LogP contribution is 2.29. The molecule has 2 rings (SSSR count). The lowest BCUT2D eigenvalue weighted by Gasteiger charge is -2.31. The SMILES string of the molecule is CCN(CC)CCOc1ccc(CNC(=O)C2(N)CCCCC2)cc1OC. The van der Waals surface area contributed by atoms with Gasteiger partial charge in [0.2, 0.25) is 5.91 Å². The van der Waals surface area contributed by atoms with Crippen LogP contribution in [-0.2, 0) is 11.3 Å². The van der Waals surface area contributed by atoms with E-state index in [2.05, 4.69) is 24.1 Å². The number of likely N-dealkylation sites (N-methyl/N-ethyl adjacent to an activating group) is 1. The lowest BCUT2D eigenvalue weighted by molar-refractivity contribution is -0.127. The smallest absolute Gasteiger partial charge is 0.240 e. The van der Waals surface area contributed by atoms with Crippen molar-refractivity contribution in [3.05, 3.63) is 23.8 Å². The van der Waals surface area contributed by atoms with Gasteiger partial charge in [0.05, 0.1) is 12.6 Å². The first-order valence-corrected chi connectivity index (χ1v) is 10.1. The van der Waals surface area contributed by atoms with Gasteiger partial charge >= 0.3 is 0 Å². The number of carbonyl (C=O) groups is 1. The molecule has 6 nitrogen and oxygen atoms in total. The number of hydrogen-bond acceptors (Lipinski definition) is 5. The fourth-order valence-electron chi connectivity index (χ4n) is 3.53. The third kappa shape index (κ3) is 6.11. The molecule has 0 saturated heterocycles. The van der Waals surface area contributed by atoms with Crippen molar-refractivity contribution in [1.29, 1.82) is 0 Å². The highest BCUT2D eigenvalue weighted by molar-refractivity contribution is 5.86. The summed E-state index contributed by atoms with van der Waals surface area (Å²) in [6.07, 6.45) is 4.75. The molecule has 0 bridgehead atoms. The van der Waals surface area contributed by atoms with E-state index in [1.165, 1.54) is 6.42 Å². The average Bonchev–Trinajstić information content (AvgIpc) is 2.70. The van der Waals surface area contributed by atoms with Gasteiger partial charge in [-0.2, -0.15) is 0 Å². The van der Waals surface area contributed by atoms with Crippen LogP contribution in [0.4, 0.5) is 0 Å². The Bertz CT molecular complexity index is 596. The first-order chi connectivity index (χ1) is 13.0. The Kier molecular flexibility index (Phi) is 8.38. The molecule has 3 N–H and O–H groups in total. The van der Waals surface area contributed by atoms with Crippen LogP contribution in [0.15, 0.2) is 18.2 Å². The predicted molar refractivity (Wildman–Crippen MR) is 108 cm³/mol. The summed E-state index contributed by atoms with van der Waals surface area (Å²) in [6, 6.07) is 5.78. The molecule has 0 spiro atoms. The first-order valence-electron chi connectivity index (χ1n) is 10.1. The standard InChI is InChI=1S/C21H35N3O3/c1-4-24(5-2)13-14-27-18-10-9-17(15-19(18)26-3)16-23-20(25)21(22)11-7-6-8-12-21/h9-10,15H,4-8,11-14,16,22H2,1-3H3,(H,23,25). The van der Waals surface area contributed by atoms with Gasteiger partial charge in [-0.15, -0.1) is 0 Å². The number of nitrogens with two attached hydrogens (primary N) is 1. The second-order valence-electron chi connectivity index (χ2n) is 7.26. The molecule has 1 fully saturated rings. The first kappa shape index (κ1) is 21.5. The maximum Gasteiger partial charge on any atom is 0.240 e. The number of benzene rings is 1. The van der Waals surface area contributed by atoms with Crippen LogP contribution in [0.3, 0.4) is 0 Å². The van der Waals surface area contributed by atoms with E-state index >= 15 is 0 Å². The number of rotatable bonds is 10. The molecule has 0 radical (unpaired) electrons. The molecule has 0 unspecified atom stereocenters. The number of carbonyl (C=O) groups excluding carboxylic acids is 1. The Morgan fingerprint density at radius 1 is 1.19 bits per heavy atom. The van der Waals surface area contributed by atoms with Crippen LogP contribution < -0.4 is 20.5 Å². The van der Waals surface area contributed by atoms with Crippen molar-refractivity contribution in [2.45, 2.75) is 58.0 Å². The van der Waals surface area contributed by atoms with Gasteiger partial charge in [-0.25, -0.2) is 0 Å². The predicted octanol–water partition coefficient (Wildman–Crippen LogP) is 2.69. The second-order valence-corrected chi connectivity index (χ2v) is 7.26. The third-order valence-electron chi connectivity index (χ3n) is 5.44. The van der Waals surface area contributed by atoms with Gasteiger partial charge in [-0.1, -0.05) is 39.2 Å². The lowest BCUT2D eigenvalue weighted by Crippen LogP contribution is -2.54. The Balaban J connectivity index is 1.90. The molecular weight excluding hydrogens is 342 g/mol. The molecule has 1 aliphatic rings. The van der Waals surface area contributed by atoms with E-state index in [9.17, 15) is 4.79 Å². The highest BCUT2D eigenvalue weighted by atomic mass is 16.5. The maximum atomic E-state index is 12.5. The molecule has 152 valence electrons. The molecule has 0 atom stereocenters. The number of amides is 1. The van der Waals surface area contributed by atoms with E-state index in [1.807, 2.05) is 18.2 Å². The quantitative estimate of drug-likeness (QED) is 0.656. The maximum absolute atomic E-state index is 12.5. The van der Waals surface area contributed by atoms with Gasteiger partial charge in [0.25, 0.3) is 0 Å².